The number of nitrogens with zero attached hydrogens (tertiary/aromatic N) is 3. The van der Waals surface area contributed by atoms with E-state index in [1.165, 1.54) is 11.1 Å². The van der Waals surface area contributed by atoms with Crippen LogP contribution in [0.2, 0.25) is 5.02 Å². The standard InChI is InChI=1S/C29H28ClN3O3/c1-35-26-17-9-13-21(27(26)36-19-22-12-5-7-15-24(22)30)18-31-33-28(20-10-3-2-4-11-20)32-25-16-8-6-14-23(25)29(33)34/h5-9,12-18,20H,2-4,10-11,19H2,1H3. The molecule has 3 aromatic carbocycles. The van der Waals surface area contributed by atoms with Crippen LogP contribution in [0.3, 0.4) is 0 Å². The van der Waals surface area contributed by atoms with Crippen LogP contribution in [0.25, 0.3) is 10.9 Å². The molecule has 0 atom stereocenters. The fourth-order valence-electron chi connectivity index (χ4n) is 4.71. The van der Waals surface area contributed by atoms with E-state index < -0.39 is 0 Å². The number of methoxy groups -OCH3 is 1. The van der Waals surface area contributed by atoms with Crippen LogP contribution in [0.5, 0.6) is 11.5 Å². The highest BCUT2D eigenvalue weighted by molar-refractivity contribution is 6.31. The molecule has 0 amide bonds. The fourth-order valence-corrected chi connectivity index (χ4v) is 4.90. The topological polar surface area (TPSA) is 65.7 Å². The second-order valence-electron chi connectivity index (χ2n) is 8.94. The first-order valence-electron chi connectivity index (χ1n) is 12.2. The largest absolute Gasteiger partial charge is 0.493 e. The lowest BCUT2D eigenvalue weighted by Gasteiger charge is -2.22. The minimum absolute atomic E-state index is 0.168. The van der Waals surface area contributed by atoms with E-state index in [1.54, 1.807) is 19.4 Å². The highest BCUT2D eigenvalue weighted by atomic mass is 35.5. The van der Waals surface area contributed by atoms with Crippen molar-refractivity contribution in [2.45, 2.75) is 44.6 Å². The molecule has 0 radical (unpaired) electrons. The summed E-state index contributed by atoms with van der Waals surface area (Å²) in [5.74, 6) is 2.03. The fraction of sp³-hybridized carbons (Fsp3) is 0.276. The highest BCUT2D eigenvalue weighted by Crippen LogP contribution is 2.33. The SMILES string of the molecule is COc1cccc(C=Nn2c(C3CCCCC3)nc3ccccc3c2=O)c1OCc1ccccc1Cl. The van der Waals surface area contributed by atoms with Crippen molar-refractivity contribution < 1.29 is 9.47 Å². The number of hydrogen-bond acceptors (Lipinski definition) is 5. The molecule has 184 valence electrons. The van der Waals surface area contributed by atoms with Gasteiger partial charge in [0, 0.05) is 22.1 Å². The minimum Gasteiger partial charge on any atom is -0.493 e. The first-order valence-corrected chi connectivity index (χ1v) is 12.6. The van der Waals surface area contributed by atoms with E-state index in [4.69, 9.17) is 26.1 Å². The molecule has 0 saturated heterocycles. The van der Waals surface area contributed by atoms with Crippen molar-refractivity contribution in [2.24, 2.45) is 5.10 Å². The number of halogens is 1. The quantitative estimate of drug-likeness (QED) is 0.269. The summed E-state index contributed by atoms with van der Waals surface area (Å²) in [5, 5.41) is 5.85. The maximum Gasteiger partial charge on any atom is 0.282 e. The molecule has 1 fully saturated rings. The first kappa shape index (κ1) is 24.1. The highest BCUT2D eigenvalue weighted by Gasteiger charge is 2.22. The smallest absolute Gasteiger partial charge is 0.282 e. The van der Waals surface area contributed by atoms with Gasteiger partial charge in [0.15, 0.2) is 11.5 Å². The van der Waals surface area contributed by atoms with Gasteiger partial charge in [-0.1, -0.05) is 67.3 Å². The van der Waals surface area contributed by atoms with Crippen LogP contribution in [-0.4, -0.2) is 23.0 Å². The lowest BCUT2D eigenvalue weighted by molar-refractivity contribution is 0.284. The van der Waals surface area contributed by atoms with Crippen molar-refractivity contribution in [1.29, 1.82) is 0 Å². The molecule has 0 aliphatic heterocycles. The molecule has 1 saturated carbocycles. The van der Waals surface area contributed by atoms with Crippen molar-refractivity contribution in [3.05, 3.63) is 99.1 Å². The summed E-state index contributed by atoms with van der Waals surface area (Å²) in [6.07, 6.45) is 7.14. The van der Waals surface area contributed by atoms with E-state index in [2.05, 4.69) is 5.10 Å². The van der Waals surface area contributed by atoms with Gasteiger partial charge in [-0.15, -0.1) is 0 Å². The van der Waals surface area contributed by atoms with E-state index in [1.807, 2.05) is 60.7 Å². The molecule has 1 aromatic heterocycles. The third kappa shape index (κ3) is 5.00. The van der Waals surface area contributed by atoms with Crippen LogP contribution >= 0.6 is 11.6 Å². The number of benzene rings is 3. The maximum absolute atomic E-state index is 13.5. The zero-order chi connectivity index (χ0) is 24.9. The summed E-state index contributed by atoms with van der Waals surface area (Å²) >= 11 is 6.32. The molecule has 1 aliphatic rings. The Hall–Kier alpha value is -3.64. The van der Waals surface area contributed by atoms with E-state index in [0.29, 0.717) is 33.0 Å². The van der Waals surface area contributed by atoms with E-state index >= 15 is 0 Å². The van der Waals surface area contributed by atoms with Gasteiger partial charge in [-0.2, -0.15) is 9.78 Å². The van der Waals surface area contributed by atoms with Gasteiger partial charge in [-0.25, -0.2) is 4.98 Å². The van der Waals surface area contributed by atoms with E-state index in [-0.39, 0.29) is 18.1 Å². The van der Waals surface area contributed by atoms with Crippen molar-refractivity contribution in [3.8, 4) is 11.5 Å². The minimum atomic E-state index is -0.168. The van der Waals surface area contributed by atoms with Gasteiger partial charge in [-0.05, 0) is 43.2 Å². The maximum atomic E-state index is 13.5. The van der Waals surface area contributed by atoms with Crippen LogP contribution in [0.4, 0.5) is 0 Å². The second-order valence-corrected chi connectivity index (χ2v) is 9.35. The van der Waals surface area contributed by atoms with Crippen LogP contribution in [0.15, 0.2) is 76.6 Å². The van der Waals surface area contributed by atoms with Crippen LogP contribution in [0, 0.1) is 0 Å². The Morgan fingerprint density at radius 2 is 1.81 bits per heavy atom. The summed E-state index contributed by atoms with van der Waals surface area (Å²) in [6, 6.07) is 20.6. The second kappa shape index (κ2) is 11.0. The number of para-hydroxylation sites is 2. The van der Waals surface area contributed by atoms with Gasteiger partial charge in [0.2, 0.25) is 0 Å². The number of hydrogen-bond donors (Lipinski definition) is 0. The van der Waals surface area contributed by atoms with E-state index in [0.717, 1.165) is 37.1 Å². The van der Waals surface area contributed by atoms with Gasteiger partial charge in [0.25, 0.3) is 5.56 Å². The third-order valence-electron chi connectivity index (χ3n) is 6.62. The molecule has 4 aromatic rings. The molecular formula is C29H28ClN3O3. The van der Waals surface area contributed by atoms with Gasteiger partial charge < -0.3 is 9.47 Å². The Morgan fingerprint density at radius 1 is 1.03 bits per heavy atom. The molecule has 5 rings (SSSR count). The molecule has 1 heterocycles. The molecule has 0 unspecified atom stereocenters. The van der Waals surface area contributed by atoms with Gasteiger partial charge in [0.1, 0.15) is 12.4 Å². The van der Waals surface area contributed by atoms with Gasteiger partial charge in [-0.3, -0.25) is 4.79 Å². The van der Waals surface area contributed by atoms with Crippen LogP contribution in [-0.2, 0) is 6.61 Å². The van der Waals surface area contributed by atoms with Crippen LogP contribution < -0.4 is 15.0 Å². The van der Waals surface area contributed by atoms with Crippen molar-refractivity contribution in [1.82, 2.24) is 9.66 Å². The summed E-state index contributed by atoms with van der Waals surface area (Å²) in [5.41, 5.74) is 2.09. The Labute approximate surface area is 215 Å². The summed E-state index contributed by atoms with van der Waals surface area (Å²) < 4.78 is 13.2. The molecule has 7 heteroatoms. The molecule has 0 N–H and O–H groups in total. The third-order valence-corrected chi connectivity index (χ3v) is 6.99. The number of rotatable bonds is 7. The predicted octanol–water partition coefficient (Wildman–Crippen LogP) is 6.57. The molecule has 0 spiro atoms. The monoisotopic (exact) mass is 501 g/mol. The van der Waals surface area contributed by atoms with Crippen molar-refractivity contribution >= 4 is 28.7 Å². The summed E-state index contributed by atoms with van der Waals surface area (Å²) in [4.78, 5) is 18.4. The lowest BCUT2D eigenvalue weighted by atomic mass is 9.88. The molecular weight excluding hydrogens is 474 g/mol. The molecule has 0 bridgehead atoms. The van der Waals surface area contributed by atoms with Gasteiger partial charge >= 0.3 is 0 Å². The van der Waals surface area contributed by atoms with Gasteiger partial charge in [0.05, 0.1) is 24.2 Å². The Balaban J connectivity index is 1.55. The average molecular weight is 502 g/mol. The number of ether oxygens (including phenoxy) is 2. The van der Waals surface area contributed by atoms with Crippen molar-refractivity contribution in [3.63, 3.8) is 0 Å². The predicted molar refractivity (Wildman–Crippen MR) is 144 cm³/mol. The number of fused-ring (bicyclic) bond motifs is 1. The van der Waals surface area contributed by atoms with E-state index in [9.17, 15) is 4.79 Å². The summed E-state index contributed by atoms with van der Waals surface area (Å²) in [7, 11) is 1.59. The lowest BCUT2D eigenvalue weighted by Crippen LogP contribution is -2.25. The molecule has 36 heavy (non-hydrogen) atoms. The zero-order valence-corrected chi connectivity index (χ0v) is 20.9. The normalized spacial score (nSPS) is 14.4. The van der Waals surface area contributed by atoms with Crippen LogP contribution in [0.1, 0.15) is 55.0 Å². The number of aromatic nitrogens is 2. The Morgan fingerprint density at radius 3 is 2.61 bits per heavy atom. The molecule has 6 nitrogen and oxygen atoms in total. The van der Waals surface area contributed by atoms with Crippen molar-refractivity contribution in [2.75, 3.05) is 7.11 Å². The Bertz CT molecular complexity index is 1460. The molecule has 1 aliphatic carbocycles. The Kier molecular flexibility index (Phi) is 7.33. The average Bonchev–Trinajstić information content (AvgIpc) is 2.92. The zero-order valence-electron chi connectivity index (χ0n) is 20.2. The summed E-state index contributed by atoms with van der Waals surface area (Å²) in [6.45, 7) is 0.270. The first-order chi connectivity index (χ1) is 17.7.